The molecule has 11 heavy (non-hydrogen) atoms. The summed E-state index contributed by atoms with van der Waals surface area (Å²) in [5.74, 6) is 0. The molecule has 62 valence electrons. The van der Waals surface area contributed by atoms with Gasteiger partial charge in [0.05, 0.1) is 0 Å². The molecule has 0 amide bonds. The topological polar surface area (TPSA) is 12.5 Å². The Balaban J connectivity index is 1.88. The minimum atomic E-state index is 0.604. The fourth-order valence-electron chi connectivity index (χ4n) is 2.07. The molecule has 0 N–H and O–H groups in total. The van der Waals surface area contributed by atoms with Crippen LogP contribution >= 0.6 is 0 Å². The van der Waals surface area contributed by atoms with Crippen LogP contribution in [0.25, 0.3) is 0 Å². The molecule has 2 aliphatic rings. The predicted molar refractivity (Wildman–Crippen MR) is 44.3 cm³/mol. The zero-order chi connectivity index (χ0) is 7.73. The summed E-state index contributed by atoms with van der Waals surface area (Å²) in [6.45, 7) is 8.10. The molecule has 0 aliphatic carbocycles. The highest BCUT2D eigenvalue weighted by Gasteiger charge is 2.42. The van der Waals surface area contributed by atoms with E-state index in [1.54, 1.807) is 0 Å². The smallest absolute Gasteiger partial charge is 0.0472 e. The van der Waals surface area contributed by atoms with Crippen LogP contribution < -0.4 is 0 Å². The van der Waals surface area contributed by atoms with Gasteiger partial charge in [0.2, 0.25) is 0 Å². The number of ether oxygens (including phenoxy) is 1. The largest absolute Gasteiger partial charge is 0.381 e. The maximum absolute atomic E-state index is 5.33. The van der Waals surface area contributed by atoms with E-state index in [1.807, 2.05) is 6.20 Å². The van der Waals surface area contributed by atoms with Gasteiger partial charge in [0, 0.05) is 31.7 Å². The van der Waals surface area contributed by atoms with Gasteiger partial charge in [-0.15, -0.1) is 0 Å². The average molecular weight is 153 g/mol. The van der Waals surface area contributed by atoms with Gasteiger partial charge in [-0.2, -0.15) is 0 Å². The zero-order valence-electron chi connectivity index (χ0n) is 6.88. The van der Waals surface area contributed by atoms with E-state index in [4.69, 9.17) is 4.74 Å². The first-order valence-electron chi connectivity index (χ1n) is 4.29. The highest BCUT2D eigenvalue weighted by atomic mass is 16.5. The van der Waals surface area contributed by atoms with Crippen LogP contribution in [0.1, 0.15) is 12.8 Å². The molecule has 2 rings (SSSR count). The van der Waals surface area contributed by atoms with Crippen LogP contribution in [-0.4, -0.2) is 31.2 Å². The van der Waals surface area contributed by atoms with Gasteiger partial charge in [-0.25, -0.2) is 0 Å². The van der Waals surface area contributed by atoms with E-state index >= 15 is 0 Å². The van der Waals surface area contributed by atoms with Crippen LogP contribution in [0.4, 0.5) is 0 Å². The van der Waals surface area contributed by atoms with Crippen LogP contribution in [0.15, 0.2) is 12.8 Å². The van der Waals surface area contributed by atoms with E-state index in [0.29, 0.717) is 5.41 Å². The summed E-state index contributed by atoms with van der Waals surface area (Å²) in [6.07, 6.45) is 4.44. The predicted octanol–water partition coefficient (Wildman–Crippen LogP) is 1.24. The quantitative estimate of drug-likeness (QED) is 0.562. The Morgan fingerprint density at radius 2 is 1.91 bits per heavy atom. The monoisotopic (exact) mass is 153 g/mol. The number of hydrogen-bond acceptors (Lipinski definition) is 2. The third-order valence-electron chi connectivity index (χ3n) is 2.89. The zero-order valence-corrected chi connectivity index (χ0v) is 6.88. The van der Waals surface area contributed by atoms with Gasteiger partial charge in [0.25, 0.3) is 0 Å². The summed E-state index contributed by atoms with van der Waals surface area (Å²) in [5.41, 5.74) is 0.604. The van der Waals surface area contributed by atoms with Crippen LogP contribution in [0, 0.1) is 5.41 Å². The average Bonchev–Trinajstić information content (AvgIpc) is 2.01. The first-order valence-corrected chi connectivity index (χ1v) is 4.29. The molecule has 2 nitrogen and oxygen atoms in total. The lowest BCUT2D eigenvalue weighted by Gasteiger charge is -2.51. The van der Waals surface area contributed by atoms with Gasteiger partial charge >= 0.3 is 0 Å². The minimum Gasteiger partial charge on any atom is -0.381 e. The SMILES string of the molecule is C=CN1CC2(CCOCC2)C1. The van der Waals surface area contributed by atoms with Crippen LogP contribution in [0.3, 0.4) is 0 Å². The number of nitrogens with zero attached hydrogens (tertiary/aromatic N) is 1. The van der Waals surface area contributed by atoms with Crippen molar-refractivity contribution in [3.63, 3.8) is 0 Å². The van der Waals surface area contributed by atoms with E-state index in [2.05, 4.69) is 11.5 Å². The van der Waals surface area contributed by atoms with E-state index in [0.717, 1.165) is 13.2 Å². The molecule has 2 fully saturated rings. The highest BCUT2D eigenvalue weighted by molar-refractivity contribution is 4.99. The number of rotatable bonds is 1. The fraction of sp³-hybridized carbons (Fsp3) is 0.778. The van der Waals surface area contributed by atoms with E-state index < -0.39 is 0 Å². The van der Waals surface area contributed by atoms with Gasteiger partial charge in [-0.3, -0.25) is 0 Å². The molecule has 2 saturated heterocycles. The molecule has 0 aromatic carbocycles. The minimum absolute atomic E-state index is 0.604. The van der Waals surface area contributed by atoms with E-state index in [-0.39, 0.29) is 0 Å². The molecule has 2 heteroatoms. The van der Waals surface area contributed by atoms with Crippen LogP contribution in [0.5, 0.6) is 0 Å². The lowest BCUT2D eigenvalue weighted by atomic mass is 9.74. The maximum Gasteiger partial charge on any atom is 0.0472 e. The standard InChI is InChI=1S/C9H15NO/c1-2-10-7-9(8-10)3-5-11-6-4-9/h2H,1,3-8H2. The van der Waals surface area contributed by atoms with Crippen LogP contribution in [0.2, 0.25) is 0 Å². The van der Waals surface area contributed by atoms with Crippen molar-refractivity contribution in [1.82, 2.24) is 4.90 Å². The van der Waals surface area contributed by atoms with Crippen molar-refractivity contribution in [2.24, 2.45) is 5.41 Å². The second-order valence-electron chi connectivity index (χ2n) is 3.70. The summed E-state index contributed by atoms with van der Waals surface area (Å²) in [5, 5.41) is 0. The molecule has 0 aromatic heterocycles. The Labute approximate surface area is 67.8 Å². The first kappa shape index (κ1) is 7.17. The van der Waals surface area contributed by atoms with Crippen molar-refractivity contribution in [2.75, 3.05) is 26.3 Å². The van der Waals surface area contributed by atoms with E-state index in [9.17, 15) is 0 Å². The Morgan fingerprint density at radius 1 is 1.27 bits per heavy atom. The van der Waals surface area contributed by atoms with Gasteiger partial charge in [0.15, 0.2) is 0 Å². The first-order chi connectivity index (χ1) is 5.35. The summed E-state index contributed by atoms with van der Waals surface area (Å²) in [4.78, 5) is 2.28. The molecular weight excluding hydrogens is 138 g/mol. The second kappa shape index (κ2) is 2.52. The molecule has 1 spiro atoms. The second-order valence-corrected chi connectivity index (χ2v) is 3.70. The molecule has 0 radical (unpaired) electrons. The Hall–Kier alpha value is -0.500. The number of hydrogen-bond donors (Lipinski definition) is 0. The molecule has 0 atom stereocenters. The highest BCUT2D eigenvalue weighted by Crippen LogP contribution is 2.39. The lowest BCUT2D eigenvalue weighted by molar-refractivity contribution is -0.0611. The summed E-state index contributed by atoms with van der Waals surface area (Å²) in [6, 6.07) is 0. The summed E-state index contributed by atoms with van der Waals surface area (Å²) in [7, 11) is 0. The molecule has 2 aliphatic heterocycles. The Bertz CT molecular complexity index is 153. The van der Waals surface area contributed by atoms with Crippen LogP contribution in [-0.2, 0) is 4.74 Å². The van der Waals surface area contributed by atoms with Crippen molar-refractivity contribution >= 4 is 0 Å². The van der Waals surface area contributed by atoms with Gasteiger partial charge in [-0.1, -0.05) is 6.58 Å². The number of likely N-dealkylation sites (tertiary alicyclic amines) is 1. The molecule has 0 unspecified atom stereocenters. The Kier molecular flexibility index (Phi) is 1.64. The van der Waals surface area contributed by atoms with E-state index in [1.165, 1.54) is 25.9 Å². The van der Waals surface area contributed by atoms with Crippen molar-refractivity contribution in [3.05, 3.63) is 12.8 Å². The third-order valence-corrected chi connectivity index (χ3v) is 2.89. The normalized spacial score (nSPS) is 28.2. The third kappa shape index (κ3) is 1.16. The van der Waals surface area contributed by atoms with Crippen molar-refractivity contribution in [1.29, 1.82) is 0 Å². The van der Waals surface area contributed by atoms with Gasteiger partial charge in [-0.05, 0) is 19.0 Å². The molecule has 0 aromatic rings. The van der Waals surface area contributed by atoms with Gasteiger partial charge in [0.1, 0.15) is 0 Å². The Morgan fingerprint density at radius 3 is 2.45 bits per heavy atom. The molecular formula is C9H15NO. The fourth-order valence-corrected chi connectivity index (χ4v) is 2.07. The summed E-state index contributed by atoms with van der Waals surface area (Å²) >= 11 is 0. The molecule has 0 saturated carbocycles. The molecule has 0 bridgehead atoms. The summed E-state index contributed by atoms with van der Waals surface area (Å²) < 4.78 is 5.33. The molecule has 2 heterocycles. The van der Waals surface area contributed by atoms with Crippen molar-refractivity contribution < 1.29 is 4.74 Å². The van der Waals surface area contributed by atoms with Crippen molar-refractivity contribution in [2.45, 2.75) is 12.8 Å². The van der Waals surface area contributed by atoms with Crippen molar-refractivity contribution in [3.8, 4) is 0 Å². The van der Waals surface area contributed by atoms with Gasteiger partial charge < -0.3 is 9.64 Å². The lowest BCUT2D eigenvalue weighted by Crippen LogP contribution is -2.55. The maximum atomic E-state index is 5.33.